The van der Waals surface area contributed by atoms with Crippen molar-refractivity contribution in [3.63, 3.8) is 0 Å². The number of ether oxygens (including phenoxy) is 1. The summed E-state index contributed by atoms with van der Waals surface area (Å²) in [6.07, 6.45) is 22.1. The molecule has 0 aromatic rings. The molecule has 0 saturated carbocycles. The van der Waals surface area contributed by atoms with Gasteiger partial charge >= 0.3 is 5.97 Å². The van der Waals surface area contributed by atoms with E-state index in [9.17, 15) is 9.00 Å². The first-order chi connectivity index (χ1) is 12.2. The van der Waals surface area contributed by atoms with Crippen LogP contribution in [0.25, 0.3) is 0 Å². The lowest BCUT2D eigenvalue weighted by Gasteiger charge is -2.04. The molecule has 0 aromatic carbocycles. The minimum absolute atomic E-state index is 0.139. The molecule has 0 aliphatic heterocycles. The van der Waals surface area contributed by atoms with Crippen molar-refractivity contribution in [3.8, 4) is 0 Å². The third kappa shape index (κ3) is 21.6. The van der Waals surface area contributed by atoms with Crippen molar-refractivity contribution in [2.45, 2.75) is 110 Å². The molecule has 1 unspecified atom stereocenters. The van der Waals surface area contributed by atoms with E-state index in [1.54, 1.807) is 6.26 Å². The molecule has 0 fully saturated rings. The van der Waals surface area contributed by atoms with Crippen LogP contribution in [0.15, 0.2) is 0 Å². The zero-order valence-corrected chi connectivity index (χ0v) is 17.7. The Labute approximate surface area is 159 Å². The fourth-order valence-electron chi connectivity index (χ4n) is 2.99. The summed E-state index contributed by atoms with van der Waals surface area (Å²) in [4.78, 5) is 11.4. The van der Waals surface area contributed by atoms with E-state index in [4.69, 9.17) is 4.74 Å². The highest BCUT2D eigenvalue weighted by atomic mass is 32.2. The first-order valence-corrected chi connectivity index (χ1v) is 12.3. The summed E-state index contributed by atoms with van der Waals surface area (Å²) in [5.74, 6) is 0.310. The minimum atomic E-state index is -0.877. The Bertz CT molecular complexity index is 318. The average molecular weight is 375 g/mol. The Hall–Kier alpha value is -0.380. The van der Waals surface area contributed by atoms with E-state index in [0.29, 0.717) is 18.8 Å². The van der Waals surface area contributed by atoms with Gasteiger partial charge in [0.1, 0.15) is 6.61 Å². The van der Waals surface area contributed by atoms with Crippen LogP contribution in [0.3, 0.4) is 0 Å². The van der Waals surface area contributed by atoms with E-state index in [1.807, 2.05) is 0 Å². The number of rotatable bonds is 19. The first kappa shape index (κ1) is 24.6. The van der Waals surface area contributed by atoms with E-state index in [2.05, 4.69) is 6.92 Å². The highest BCUT2D eigenvalue weighted by Gasteiger charge is 2.03. The first-order valence-electron chi connectivity index (χ1n) is 10.6. The van der Waals surface area contributed by atoms with Crippen molar-refractivity contribution in [1.82, 2.24) is 0 Å². The van der Waals surface area contributed by atoms with Gasteiger partial charge in [0.15, 0.2) is 0 Å². The van der Waals surface area contributed by atoms with E-state index >= 15 is 0 Å². The van der Waals surface area contributed by atoms with Crippen molar-refractivity contribution < 1.29 is 13.7 Å². The zero-order chi connectivity index (χ0) is 18.6. The summed E-state index contributed by atoms with van der Waals surface area (Å²) in [6, 6.07) is 0. The Morgan fingerprint density at radius 1 is 0.720 bits per heavy atom. The van der Waals surface area contributed by atoms with Gasteiger partial charge in [0.05, 0.1) is 5.75 Å². The van der Waals surface area contributed by atoms with Gasteiger partial charge in [-0.25, -0.2) is 0 Å². The maximum atomic E-state index is 11.4. The summed E-state index contributed by atoms with van der Waals surface area (Å²) < 4.78 is 15.9. The van der Waals surface area contributed by atoms with E-state index < -0.39 is 10.8 Å². The standard InChI is InChI=1S/C21H42O3S/c1-3-4-5-6-7-8-9-10-11-12-13-14-15-16-17-18-21(22)24-19-20-25(2)23/h3-20H2,1-2H3. The molecule has 3 nitrogen and oxygen atoms in total. The van der Waals surface area contributed by atoms with Crippen molar-refractivity contribution in [2.75, 3.05) is 18.6 Å². The van der Waals surface area contributed by atoms with Gasteiger partial charge in [0.25, 0.3) is 0 Å². The summed E-state index contributed by atoms with van der Waals surface area (Å²) in [6.45, 7) is 2.56. The van der Waals surface area contributed by atoms with Crippen LogP contribution in [0.5, 0.6) is 0 Å². The summed E-state index contributed by atoms with van der Waals surface area (Å²) in [5.41, 5.74) is 0. The lowest BCUT2D eigenvalue weighted by atomic mass is 10.0. The van der Waals surface area contributed by atoms with Gasteiger partial charge in [-0.1, -0.05) is 96.8 Å². The molecule has 1 atom stereocenters. The molecule has 0 rings (SSSR count). The van der Waals surface area contributed by atoms with Crippen LogP contribution in [-0.2, 0) is 20.3 Å². The van der Waals surface area contributed by atoms with E-state index in [-0.39, 0.29) is 5.97 Å². The normalized spacial score (nSPS) is 12.2. The van der Waals surface area contributed by atoms with Crippen LogP contribution < -0.4 is 0 Å². The molecule has 0 aliphatic carbocycles. The molecule has 0 heterocycles. The minimum Gasteiger partial charge on any atom is -0.465 e. The Morgan fingerprint density at radius 3 is 1.52 bits per heavy atom. The fourth-order valence-corrected chi connectivity index (χ4v) is 3.30. The summed E-state index contributed by atoms with van der Waals surface area (Å²) in [5, 5.41) is 0. The second kappa shape index (κ2) is 19.9. The third-order valence-corrected chi connectivity index (χ3v) is 5.36. The average Bonchev–Trinajstić information content (AvgIpc) is 2.58. The van der Waals surface area contributed by atoms with Gasteiger partial charge in [-0.15, -0.1) is 0 Å². The highest BCUT2D eigenvalue weighted by Crippen LogP contribution is 2.13. The van der Waals surface area contributed by atoms with Crippen LogP contribution in [-0.4, -0.2) is 28.8 Å². The van der Waals surface area contributed by atoms with Crippen molar-refractivity contribution in [2.24, 2.45) is 0 Å². The molecular weight excluding hydrogens is 332 g/mol. The van der Waals surface area contributed by atoms with Crippen LogP contribution in [0.2, 0.25) is 0 Å². The van der Waals surface area contributed by atoms with Gasteiger partial charge in [0, 0.05) is 23.5 Å². The molecule has 150 valence electrons. The largest absolute Gasteiger partial charge is 0.465 e. The Kier molecular flexibility index (Phi) is 19.6. The van der Waals surface area contributed by atoms with Gasteiger partial charge in [-0.2, -0.15) is 0 Å². The number of carbonyl (C=O) groups is 1. The fraction of sp³-hybridized carbons (Fsp3) is 0.952. The van der Waals surface area contributed by atoms with Crippen LogP contribution >= 0.6 is 0 Å². The number of carbonyl (C=O) groups excluding carboxylic acids is 1. The van der Waals surface area contributed by atoms with Crippen molar-refractivity contribution in [3.05, 3.63) is 0 Å². The molecule has 0 aliphatic rings. The van der Waals surface area contributed by atoms with Gasteiger partial charge < -0.3 is 4.74 Å². The molecule has 0 saturated heterocycles. The maximum absolute atomic E-state index is 11.4. The third-order valence-electron chi connectivity index (χ3n) is 4.62. The molecule has 0 N–H and O–H groups in total. The van der Waals surface area contributed by atoms with Crippen LogP contribution in [0.1, 0.15) is 110 Å². The number of unbranched alkanes of at least 4 members (excludes halogenated alkanes) is 14. The molecule has 0 radical (unpaired) electrons. The monoisotopic (exact) mass is 374 g/mol. The predicted octanol–water partition coefficient (Wildman–Crippen LogP) is 6.17. The lowest BCUT2D eigenvalue weighted by molar-refractivity contribution is -0.143. The second-order valence-electron chi connectivity index (χ2n) is 7.20. The number of esters is 1. The van der Waals surface area contributed by atoms with E-state index in [0.717, 1.165) is 12.8 Å². The maximum Gasteiger partial charge on any atom is 0.305 e. The number of hydrogen-bond acceptors (Lipinski definition) is 3. The smallest absolute Gasteiger partial charge is 0.305 e. The second-order valence-corrected chi connectivity index (χ2v) is 8.75. The number of hydrogen-bond donors (Lipinski definition) is 0. The molecule has 0 amide bonds. The van der Waals surface area contributed by atoms with E-state index in [1.165, 1.54) is 83.5 Å². The van der Waals surface area contributed by atoms with Gasteiger partial charge in [-0.05, 0) is 6.42 Å². The van der Waals surface area contributed by atoms with Crippen molar-refractivity contribution in [1.29, 1.82) is 0 Å². The summed E-state index contributed by atoms with van der Waals surface area (Å²) >= 11 is 0. The summed E-state index contributed by atoms with van der Waals surface area (Å²) in [7, 11) is -0.877. The molecule has 4 heteroatoms. The van der Waals surface area contributed by atoms with Crippen LogP contribution in [0.4, 0.5) is 0 Å². The van der Waals surface area contributed by atoms with Crippen molar-refractivity contribution >= 4 is 16.8 Å². The highest BCUT2D eigenvalue weighted by molar-refractivity contribution is 7.84. The lowest BCUT2D eigenvalue weighted by Crippen LogP contribution is -2.10. The Morgan fingerprint density at radius 2 is 1.12 bits per heavy atom. The topological polar surface area (TPSA) is 43.4 Å². The molecule has 25 heavy (non-hydrogen) atoms. The quantitative estimate of drug-likeness (QED) is 0.200. The van der Waals surface area contributed by atoms with Gasteiger partial charge in [-0.3, -0.25) is 9.00 Å². The SMILES string of the molecule is CCCCCCCCCCCCCCCCCC(=O)OCCS(C)=O. The van der Waals surface area contributed by atoms with Crippen LogP contribution in [0, 0.1) is 0 Å². The molecule has 0 spiro atoms. The molecule has 0 aromatic heterocycles. The molecule has 0 bridgehead atoms. The van der Waals surface area contributed by atoms with Gasteiger partial charge in [0.2, 0.25) is 0 Å². The predicted molar refractivity (Wildman–Crippen MR) is 109 cm³/mol. The Balaban J connectivity index is 3.11. The molecular formula is C21H42O3S. The zero-order valence-electron chi connectivity index (χ0n) is 16.9.